The van der Waals surface area contributed by atoms with E-state index in [-0.39, 0.29) is 0 Å². The summed E-state index contributed by atoms with van der Waals surface area (Å²) in [7, 11) is 0. The van der Waals surface area contributed by atoms with Crippen molar-refractivity contribution in [3.63, 3.8) is 0 Å². The summed E-state index contributed by atoms with van der Waals surface area (Å²) < 4.78 is 12.1. The van der Waals surface area contributed by atoms with Crippen LogP contribution >= 0.6 is 0 Å². The Balaban J connectivity index is 3.17. The van der Waals surface area contributed by atoms with E-state index in [1.165, 1.54) is 12.4 Å². The van der Waals surface area contributed by atoms with Crippen LogP contribution in [0.2, 0.25) is 0 Å². The van der Waals surface area contributed by atoms with E-state index < -0.39 is 6.67 Å². The second-order valence-corrected chi connectivity index (χ2v) is 1.93. The summed E-state index contributed by atoms with van der Waals surface area (Å²) in [6.07, 6.45) is 2.76. The first-order valence-electron chi connectivity index (χ1n) is 2.79. The number of pyridine rings is 1. The van der Waals surface area contributed by atoms with Crippen molar-refractivity contribution in [2.45, 2.75) is 6.67 Å². The molecule has 54 valence electrons. The molecule has 0 amide bonds. The molecule has 0 fully saturated rings. The molecule has 4 N–H and O–H groups in total. The van der Waals surface area contributed by atoms with Crippen LogP contribution in [0.5, 0.6) is 0 Å². The molecule has 0 saturated heterocycles. The van der Waals surface area contributed by atoms with E-state index in [0.29, 0.717) is 16.9 Å². The van der Waals surface area contributed by atoms with Crippen LogP contribution in [-0.2, 0) is 6.67 Å². The normalized spacial score (nSPS) is 9.70. The van der Waals surface area contributed by atoms with Crippen LogP contribution < -0.4 is 11.5 Å². The van der Waals surface area contributed by atoms with E-state index in [1.54, 1.807) is 0 Å². The maximum Gasteiger partial charge on any atom is 0.119 e. The molecule has 0 unspecified atom stereocenters. The molecule has 0 atom stereocenters. The summed E-state index contributed by atoms with van der Waals surface area (Å²) in [5.41, 5.74) is 11.6. The summed E-state index contributed by atoms with van der Waals surface area (Å²) >= 11 is 0. The number of hydrogen-bond donors (Lipinski definition) is 2. The number of rotatable bonds is 1. The number of nitrogens with two attached hydrogens (primary N) is 2. The second kappa shape index (κ2) is 2.51. The topological polar surface area (TPSA) is 64.9 Å². The third-order valence-corrected chi connectivity index (χ3v) is 1.26. The van der Waals surface area contributed by atoms with Gasteiger partial charge in [0.2, 0.25) is 0 Å². The number of halogens is 1. The second-order valence-electron chi connectivity index (χ2n) is 1.93. The summed E-state index contributed by atoms with van der Waals surface area (Å²) in [4.78, 5) is 3.68. The molecule has 3 nitrogen and oxygen atoms in total. The molecular weight excluding hydrogens is 133 g/mol. The minimum absolute atomic E-state index is 0.308. The Labute approximate surface area is 57.9 Å². The van der Waals surface area contributed by atoms with Gasteiger partial charge in [-0.1, -0.05) is 0 Å². The Morgan fingerprint density at radius 2 is 1.80 bits per heavy atom. The fourth-order valence-electron chi connectivity index (χ4n) is 0.675. The van der Waals surface area contributed by atoms with Gasteiger partial charge in [0.1, 0.15) is 6.67 Å². The number of aromatic nitrogens is 1. The molecule has 0 radical (unpaired) electrons. The fraction of sp³-hybridized carbons (Fsp3) is 0.167. The zero-order valence-electron chi connectivity index (χ0n) is 5.34. The SMILES string of the molecule is Nc1cncc(N)c1CF. The first-order chi connectivity index (χ1) is 4.75. The Hall–Kier alpha value is -1.32. The third kappa shape index (κ3) is 1.00. The molecule has 1 rings (SSSR count). The minimum atomic E-state index is -0.639. The standard InChI is InChI=1S/C6H8FN3/c7-1-4-5(8)2-10-3-6(4)9/h2-3H,1,8-9H2. The molecule has 1 heterocycles. The van der Waals surface area contributed by atoms with E-state index in [1.807, 2.05) is 0 Å². The maximum absolute atomic E-state index is 12.1. The van der Waals surface area contributed by atoms with Gasteiger partial charge in [-0.05, 0) is 0 Å². The molecule has 1 aromatic heterocycles. The van der Waals surface area contributed by atoms with Crippen molar-refractivity contribution >= 4 is 11.4 Å². The summed E-state index contributed by atoms with van der Waals surface area (Å²) in [6, 6.07) is 0. The van der Waals surface area contributed by atoms with Crippen molar-refractivity contribution in [1.29, 1.82) is 0 Å². The quantitative estimate of drug-likeness (QED) is 0.605. The molecule has 0 aliphatic rings. The number of nitrogen functional groups attached to an aromatic ring is 2. The van der Waals surface area contributed by atoms with Crippen molar-refractivity contribution in [2.24, 2.45) is 0 Å². The Bertz CT molecular complexity index is 216. The summed E-state index contributed by atoms with van der Waals surface area (Å²) in [5.74, 6) is 0. The molecular formula is C6H8FN3. The lowest BCUT2D eigenvalue weighted by Gasteiger charge is -2.01. The highest BCUT2D eigenvalue weighted by Gasteiger charge is 2.01. The van der Waals surface area contributed by atoms with E-state index in [0.717, 1.165) is 0 Å². The van der Waals surface area contributed by atoms with Gasteiger partial charge >= 0.3 is 0 Å². The monoisotopic (exact) mass is 141 g/mol. The van der Waals surface area contributed by atoms with Crippen molar-refractivity contribution in [1.82, 2.24) is 4.98 Å². The zero-order chi connectivity index (χ0) is 7.56. The highest BCUT2D eigenvalue weighted by atomic mass is 19.1. The van der Waals surface area contributed by atoms with Gasteiger partial charge in [-0.3, -0.25) is 4.98 Å². The van der Waals surface area contributed by atoms with Crippen molar-refractivity contribution in [2.75, 3.05) is 11.5 Å². The van der Waals surface area contributed by atoms with Crippen molar-refractivity contribution in [3.8, 4) is 0 Å². The largest absolute Gasteiger partial charge is 0.397 e. The minimum Gasteiger partial charge on any atom is -0.397 e. The lowest BCUT2D eigenvalue weighted by Crippen LogP contribution is -1.99. The molecule has 0 bridgehead atoms. The molecule has 0 aliphatic heterocycles. The van der Waals surface area contributed by atoms with Gasteiger partial charge in [-0.2, -0.15) is 0 Å². The van der Waals surface area contributed by atoms with Crippen LogP contribution in [0.25, 0.3) is 0 Å². The molecule has 0 aromatic carbocycles. The Morgan fingerprint density at radius 3 is 2.10 bits per heavy atom. The van der Waals surface area contributed by atoms with Crippen molar-refractivity contribution in [3.05, 3.63) is 18.0 Å². The Morgan fingerprint density at radius 1 is 1.30 bits per heavy atom. The van der Waals surface area contributed by atoms with Crippen LogP contribution in [0.3, 0.4) is 0 Å². The van der Waals surface area contributed by atoms with Gasteiger partial charge in [0.05, 0.1) is 23.8 Å². The van der Waals surface area contributed by atoms with Gasteiger partial charge in [-0.15, -0.1) is 0 Å². The number of hydrogen-bond acceptors (Lipinski definition) is 3. The third-order valence-electron chi connectivity index (χ3n) is 1.26. The molecule has 10 heavy (non-hydrogen) atoms. The van der Waals surface area contributed by atoms with Crippen LogP contribution in [-0.4, -0.2) is 4.98 Å². The van der Waals surface area contributed by atoms with Gasteiger partial charge in [0, 0.05) is 5.56 Å². The predicted octanol–water partition coefficient (Wildman–Crippen LogP) is 0.716. The average Bonchev–Trinajstić information content (AvgIpc) is 1.88. The van der Waals surface area contributed by atoms with Crippen LogP contribution in [0, 0.1) is 0 Å². The number of alkyl halides is 1. The van der Waals surface area contributed by atoms with E-state index >= 15 is 0 Å². The molecule has 0 aliphatic carbocycles. The Kier molecular flexibility index (Phi) is 1.71. The average molecular weight is 141 g/mol. The first-order valence-corrected chi connectivity index (χ1v) is 2.79. The van der Waals surface area contributed by atoms with Gasteiger partial charge in [-0.25, -0.2) is 4.39 Å². The van der Waals surface area contributed by atoms with E-state index in [4.69, 9.17) is 11.5 Å². The van der Waals surface area contributed by atoms with Crippen molar-refractivity contribution < 1.29 is 4.39 Å². The molecule has 0 spiro atoms. The maximum atomic E-state index is 12.1. The lowest BCUT2D eigenvalue weighted by atomic mass is 10.2. The van der Waals surface area contributed by atoms with Crippen LogP contribution in [0.15, 0.2) is 12.4 Å². The van der Waals surface area contributed by atoms with Gasteiger partial charge in [0.15, 0.2) is 0 Å². The van der Waals surface area contributed by atoms with E-state index in [9.17, 15) is 4.39 Å². The van der Waals surface area contributed by atoms with Crippen LogP contribution in [0.1, 0.15) is 5.56 Å². The van der Waals surface area contributed by atoms with Gasteiger partial charge < -0.3 is 11.5 Å². The van der Waals surface area contributed by atoms with Crippen LogP contribution in [0.4, 0.5) is 15.8 Å². The highest BCUT2D eigenvalue weighted by Crippen LogP contribution is 2.17. The molecule has 1 aromatic rings. The number of nitrogens with zero attached hydrogens (tertiary/aromatic N) is 1. The predicted molar refractivity (Wildman–Crippen MR) is 37.9 cm³/mol. The lowest BCUT2D eigenvalue weighted by molar-refractivity contribution is 0.487. The van der Waals surface area contributed by atoms with Gasteiger partial charge in [0.25, 0.3) is 0 Å². The fourth-order valence-corrected chi connectivity index (χ4v) is 0.675. The van der Waals surface area contributed by atoms with E-state index in [2.05, 4.69) is 4.98 Å². The number of anilines is 2. The summed E-state index contributed by atoms with van der Waals surface area (Å²) in [6.45, 7) is -0.639. The summed E-state index contributed by atoms with van der Waals surface area (Å²) in [5, 5.41) is 0. The molecule has 4 heteroatoms. The first kappa shape index (κ1) is 6.80. The zero-order valence-corrected chi connectivity index (χ0v) is 5.34. The highest BCUT2D eigenvalue weighted by molar-refractivity contribution is 5.58. The molecule has 0 saturated carbocycles. The smallest absolute Gasteiger partial charge is 0.119 e.